The van der Waals surface area contributed by atoms with Gasteiger partial charge in [0, 0.05) is 12.6 Å². The maximum absolute atomic E-state index is 9.86. The van der Waals surface area contributed by atoms with E-state index in [4.69, 9.17) is 4.74 Å². The van der Waals surface area contributed by atoms with E-state index in [1.807, 2.05) is 11.8 Å². The molecule has 3 nitrogen and oxygen atoms in total. The van der Waals surface area contributed by atoms with Crippen LogP contribution in [0.5, 0.6) is 0 Å². The number of thioether (sulfide) groups is 1. The van der Waals surface area contributed by atoms with Crippen LogP contribution in [0.4, 0.5) is 0 Å². The molecule has 2 atom stereocenters. The largest absolute Gasteiger partial charge is 0.389 e. The normalized spacial score (nSPS) is 20.8. The van der Waals surface area contributed by atoms with Gasteiger partial charge in [-0.05, 0) is 38.2 Å². The summed E-state index contributed by atoms with van der Waals surface area (Å²) in [5.41, 5.74) is 0. The van der Waals surface area contributed by atoms with Gasteiger partial charge in [0.1, 0.15) is 0 Å². The quantitative estimate of drug-likeness (QED) is 0.678. The van der Waals surface area contributed by atoms with Crippen LogP contribution in [0.25, 0.3) is 0 Å². The number of aliphatic hydroxyl groups is 1. The summed E-state index contributed by atoms with van der Waals surface area (Å²) in [7, 11) is 0. The molecule has 1 aliphatic carbocycles. The molecule has 0 aromatic carbocycles. The molecule has 0 aliphatic heterocycles. The lowest BCUT2D eigenvalue weighted by Crippen LogP contribution is -2.37. The lowest BCUT2D eigenvalue weighted by Gasteiger charge is -2.24. The highest BCUT2D eigenvalue weighted by Crippen LogP contribution is 2.20. The molecule has 2 N–H and O–H groups in total. The number of aliphatic hydroxyl groups excluding tert-OH is 1. The Morgan fingerprint density at radius 1 is 1.33 bits per heavy atom. The van der Waals surface area contributed by atoms with E-state index in [0.29, 0.717) is 25.3 Å². The van der Waals surface area contributed by atoms with Crippen LogP contribution >= 0.6 is 11.8 Å². The number of nitrogens with one attached hydrogen (secondary N) is 1. The zero-order valence-corrected chi connectivity index (χ0v) is 12.7. The molecule has 0 aromatic heterocycles. The molecule has 0 saturated heterocycles. The molecule has 18 heavy (non-hydrogen) atoms. The Kier molecular flexibility index (Phi) is 9.11. The molecular weight excluding hydrogens is 246 g/mol. The smallest absolute Gasteiger partial charge is 0.0897 e. The third-order valence-corrected chi connectivity index (χ3v) is 4.18. The molecule has 1 fully saturated rings. The Hall–Kier alpha value is 0.230. The highest BCUT2D eigenvalue weighted by Gasteiger charge is 2.15. The predicted octanol–water partition coefficient (Wildman–Crippen LogP) is 2.43. The number of hydrogen-bond acceptors (Lipinski definition) is 4. The van der Waals surface area contributed by atoms with Gasteiger partial charge in [0.25, 0.3) is 0 Å². The fraction of sp³-hybridized carbons (Fsp3) is 1.00. The maximum Gasteiger partial charge on any atom is 0.0897 e. The van der Waals surface area contributed by atoms with Gasteiger partial charge in [0.15, 0.2) is 0 Å². The highest BCUT2D eigenvalue weighted by molar-refractivity contribution is 7.98. The Labute approximate surface area is 116 Å². The molecule has 1 aliphatic rings. The molecule has 1 rings (SSSR count). The summed E-state index contributed by atoms with van der Waals surface area (Å²) in [4.78, 5) is 0. The minimum atomic E-state index is -0.372. The van der Waals surface area contributed by atoms with E-state index < -0.39 is 0 Å². The first kappa shape index (κ1) is 16.3. The Morgan fingerprint density at radius 2 is 2.06 bits per heavy atom. The van der Waals surface area contributed by atoms with E-state index in [9.17, 15) is 5.11 Å². The second-order valence-electron chi connectivity index (χ2n) is 5.34. The van der Waals surface area contributed by atoms with Crippen molar-refractivity contribution in [3.63, 3.8) is 0 Å². The fourth-order valence-electron chi connectivity index (χ4n) is 2.27. The van der Waals surface area contributed by atoms with Crippen molar-refractivity contribution in [1.82, 2.24) is 5.32 Å². The molecular formula is C14H29NO2S. The van der Waals surface area contributed by atoms with Crippen LogP contribution in [0.1, 0.15) is 45.4 Å². The Bertz CT molecular complexity index is 198. The van der Waals surface area contributed by atoms with Crippen LogP contribution in [0, 0.1) is 0 Å². The first-order chi connectivity index (χ1) is 8.72. The van der Waals surface area contributed by atoms with Gasteiger partial charge in [-0.3, -0.25) is 0 Å². The zero-order chi connectivity index (χ0) is 13.2. The summed E-state index contributed by atoms with van der Waals surface area (Å²) >= 11 is 1.87. The average molecular weight is 275 g/mol. The van der Waals surface area contributed by atoms with Crippen LogP contribution in [0.15, 0.2) is 0 Å². The van der Waals surface area contributed by atoms with Crippen LogP contribution in [-0.4, -0.2) is 48.5 Å². The SMILES string of the molecule is CSCCC(C)NCC(O)COC1CCCCC1. The summed E-state index contributed by atoms with van der Waals surface area (Å²) in [5.74, 6) is 1.17. The second kappa shape index (κ2) is 10.1. The minimum Gasteiger partial charge on any atom is -0.389 e. The second-order valence-corrected chi connectivity index (χ2v) is 6.32. The summed E-state index contributed by atoms with van der Waals surface area (Å²) in [6.07, 6.45) is 9.55. The highest BCUT2D eigenvalue weighted by atomic mass is 32.2. The summed E-state index contributed by atoms with van der Waals surface area (Å²) in [5, 5.41) is 13.2. The van der Waals surface area contributed by atoms with Gasteiger partial charge in [-0.15, -0.1) is 0 Å². The van der Waals surface area contributed by atoms with Crippen molar-refractivity contribution >= 4 is 11.8 Å². The maximum atomic E-state index is 9.86. The molecule has 2 unspecified atom stereocenters. The third-order valence-electron chi connectivity index (χ3n) is 3.53. The molecule has 108 valence electrons. The third kappa shape index (κ3) is 7.62. The molecule has 4 heteroatoms. The van der Waals surface area contributed by atoms with E-state index in [0.717, 1.165) is 6.42 Å². The van der Waals surface area contributed by atoms with Crippen molar-refractivity contribution in [2.24, 2.45) is 0 Å². The van der Waals surface area contributed by atoms with Crippen molar-refractivity contribution in [3.05, 3.63) is 0 Å². The molecule has 0 aromatic rings. The predicted molar refractivity (Wildman–Crippen MR) is 79.3 cm³/mol. The first-order valence-corrected chi connectivity index (χ1v) is 8.63. The molecule has 0 heterocycles. The Balaban J connectivity index is 2.00. The Morgan fingerprint density at radius 3 is 2.72 bits per heavy atom. The number of ether oxygens (including phenoxy) is 1. The summed E-state index contributed by atoms with van der Waals surface area (Å²) < 4.78 is 5.76. The van der Waals surface area contributed by atoms with Gasteiger partial charge in [0.05, 0.1) is 18.8 Å². The van der Waals surface area contributed by atoms with E-state index in [-0.39, 0.29) is 6.10 Å². The molecule has 0 amide bonds. The van der Waals surface area contributed by atoms with Gasteiger partial charge in [0.2, 0.25) is 0 Å². The van der Waals surface area contributed by atoms with Crippen LogP contribution in [-0.2, 0) is 4.74 Å². The fourth-order valence-corrected chi connectivity index (χ4v) is 2.86. The lowest BCUT2D eigenvalue weighted by molar-refractivity contribution is -0.0234. The standard InChI is InChI=1S/C14H29NO2S/c1-12(8-9-18-2)15-10-13(16)11-17-14-6-4-3-5-7-14/h12-16H,3-11H2,1-2H3. The number of hydrogen-bond donors (Lipinski definition) is 2. The van der Waals surface area contributed by atoms with Gasteiger partial charge in [-0.2, -0.15) is 11.8 Å². The molecule has 0 radical (unpaired) electrons. The van der Waals surface area contributed by atoms with Crippen molar-refractivity contribution < 1.29 is 9.84 Å². The monoisotopic (exact) mass is 275 g/mol. The van der Waals surface area contributed by atoms with Crippen molar-refractivity contribution in [2.45, 2.75) is 63.7 Å². The van der Waals surface area contributed by atoms with Gasteiger partial charge in [-0.1, -0.05) is 19.3 Å². The van der Waals surface area contributed by atoms with Crippen molar-refractivity contribution in [1.29, 1.82) is 0 Å². The number of rotatable bonds is 9. The van der Waals surface area contributed by atoms with E-state index in [1.54, 1.807) is 0 Å². The van der Waals surface area contributed by atoms with E-state index in [2.05, 4.69) is 18.5 Å². The molecule has 0 bridgehead atoms. The average Bonchev–Trinajstić information content (AvgIpc) is 2.41. The van der Waals surface area contributed by atoms with Gasteiger partial charge in [-0.25, -0.2) is 0 Å². The van der Waals surface area contributed by atoms with E-state index in [1.165, 1.54) is 37.9 Å². The van der Waals surface area contributed by atoms with Crippen molar-refractivity contribution in [3.8, 4) is 0 Å². The minimum absolute atomic E-state index is 0.372. The van der Waals surface area contributed by atoms with Crippen LogP contribution in [0.2, 0.25) is 0 Å². The van der Waals surface area contributed by atoms with Crippen LogP contribution < -0.4 is 5.32 Å². The van der Waals surface area contributed by atoms with Crippen molar-refractivity contribution in [2.75, 3.05) is 25.2 Å². The molecule has 1 saturated carbocycles. The topological polar surface area (TPSA) is 41.5 Å². The van der Waals surface area contributed by atoms with Gasteiger partial charge < -0.3 is 15.2 Å². The lowest BCUT2D eigenvalue weighted by atomic mass is 9.98. The molecule has 0 spiro atoms. The van der Waals surface area contributed by atoms with Crippen LogP contribution in [0.3, 0.4) is 0 Å². The summed E-state index contributed by atoms with van der Waals surface area (Å²) in [6.45, 7) is 3.29. The van der Waals surface area contributed by atoms with Gasteiger partial charge >= 0.3 is 0 Å². The van der Waals surface area contributed by atoms with E-state index >= 15 is 0 Å². The first-order valence-electron chi connectivity index (χ1n) is 7.24. The summed E-state index contributed by atoms with van der Waals surface area (Å²) in [6, 6.07) is 0.474. The zero-order valence-electron chi connectivity index (χ0n) is 11.9.